The molecule has 110 valence electrons. The molecule has 1 fully saturated rings. The summed E-state index contributed by atoms with van der Waals surface area (Å²) in [6.07, 6.45) is 2.53. The number of aryl methyl sites for hydroxylation is 3. The Labute approximate surface area is 124 Å². The second-order valence-electron chi connectivity index (χ2n) is 5.81. The lowest BCUT2D eigenvalue weighted by molar-refractivity contribution is 0.627. The maximum absolute atomic E-state index is 13.5. The molecule has 0 unspecified atom stereocenters. The van der Waals surface area contributed by atoms with E-state index in [-0.39, 0.29) is 5.82 Å². The first kappa shape index (κ1) is 14.1. The average molecular weight is 285 g/mol. The zero-order valence-electron chi connectivity index (χ0n) is 12.7. The van der Waals surface area contributed by atoms with Gasteiger partial charge in [-0.1, -0.05) is 6.07 Å². The Morgan fingerprint density at radius 2 is 1.81 bits per heavy atom. The summed E-state index contributed by atoms with van der Waals surface area (Å²) in [7, 11) is 0. The largest absolute Gasteiger partial charge is 0.310 e. The van der Waals surface area contributed by atoms with Gasteiger partial charge in [-0.3, -0.25) is 0 Å². The highest BCUT2D eigenvalue weighted by Gasteiger charge is 2.21. The molecular formula is C17H20FN3. The van der Waals surface area contributed by atoms with Crippen molar-refractivity contribution in [2.45, 2.75) is 46.2 Å². The minimum atomic E-state index is -0.256. The third-order valence-electron chi connectivity index (χ3n) is 4.01. The fourth-order valence-electron chi connectivity index (χ4n) is 2.48. The average Bonchev–Trinajstić information content (AvgIpc) is 3.24. The number of halogens is 1. The van der Waals surface area contributed by atoms with Crippen molar-refractivity contribution in [2.24, 2.45) is 0 Å². The molecule has 1 aromatic carbocycles. The molecule has 0 saturated heterocycles. The van der Waals surface area contributed by atoms with Gasteiger partial charge in [-0.05, 0) is 51.3 Å². The van der Waals surface area contributed by atoms with Crippen LogP contribution in [0.1, 0.15) is 35.4 Å². The van der Waals surface area contributed by atoms with Crippen LogP contribution in [0.5, 0.6) is 0 Å². The van der Waals surface area contributed by atoms with Gasteiger partial charge in [-0.15, -0.1) is 0 Å². The topological polar surface area (TPSA) is 37.8 Å². The summed E-state index contributed by atoms with van der Waals surface area (Å²) in [5, 5.41) is 3.49. The van der Waals surface area contributed by atoms with Crippen molar-refractivity contribution in [1.29, 1.82) is 0 Å². The SMILES string of the molecule is Cc1ccc(F)cc1-c1nc(C)c(CNC2CC2)c(C)n1. The highest BCUT2D eigenvalue weighted by molar-refractivity contribution is 5.60. The van der Waals surface area contributed by atoms with Gasteiger partial charge in [0.05, 0.1) is 0 Å². The van der Waals surface area contributed by atoms with Crippen LogP contribution in [0.2, 0.25) is 0 Å². The van der Waals surface area contributed by atoms with Gasteiger partial charge in [-0.25, -0.2) is 14.4 Å². The van der Waals surface area contributed by atoms with E-state index in [0.717, 1.165) is 34.6 Å². The lowest BCUT2D eigenvalue weighted by Crippen LogP contribution is -2.18. The van der Waals surface area contributed by atoms with E-state index in [0.29, 0.717) is 11.9 Å². The maximum Gasteiger partial charge on any atom is 0.160 e. The number of nitrogens with one attached hydrogen (secondary N) is 1. The number of rotatable bonds is 4. The molecule has 1 heterocycles. The fraction of sp³-hybridized carbons (Fsp3) is 0.412. The summed E-state index contributed by atoms with van der Waals surface area (Å²) in [5.41, 5.74) is 4.84. The quantitative estimate of drug-likeness (QED) is 0.935. The molecule has 1 N–H and O–H groups in total. The minimum absolute atomic E-state index is 0.256. The Morgan fingerprint density at radius 1 is 1.14 bits per heavy atom. The Morgan fingerprint density at radius 3 is 2.43 bits per heavy atom. The van der Waals surface area contributed by atoms with Crippen LogP contribution in [0, 0.1) is 26.6 Å². The lowest BCUT2D eigenvalue weighted by Gasteiger charge is -2.12. The van der Waals surface area contributed by atoms with Crippen molar-refractivity contribution in [3.05, 3.63) is 46.5 Å². The standard InChI is InChI=1S/C17H20FN3/c1-10-4-5-13(18)8-15(10)17-20-11(2)16(12(3)21-17)9-19-14-6-7-14/h4-5,8,14,19H,6-7,9H2,1-3H3. The minimum Gasteiger partial charge on any atom is -0.310 e. The van der Waals surface area contributed by atoms with Crippen LogP contribution in [0.15, 0.2) is 18.2 Å². The number of nitrogens with zero attached hydrogens (tertiary/aromatic N) is 2. The smallest absolute Gasteiger partial charge is 0.160 e. The molecule has 1 saturated carbocycles. The predicted molar refractivity (Wildman–Crippen MR) is 81.5 cm³/mol. The molecule has 4 heteroatoms. The molecule has 1 aliphatic rings. The molecule has 0 bridgehead atoms. The van der Waals surface area contributed by atoms with Crippen LogP contribution in [0.25, 0.3) is 11.4 Å². The Hall–Kier alpha value is -1.81. The zero-order valence-corrected chi connectivity index (χ0v) is 12.7. The van der Waals surface area contributed by atoms with Gasteiger partial charge >= 0.3 is 0 Å². The highest BCUT2D eigenvalue weighted by Crippen LogP contribution is 2.24. The first-order valence-electron chi connectivity index (χ1n) is 7.38. The van der Waals surface area contributed by atoms with Gasteiger partial charge in [0.25, 0.3) is 0 Å². The van der Waals surface area contributed by atoms with Crippen molar-refractivity contribution in [1.82, 2.24) is 15.3 Å². The van der Waals surface area contributed by atoms with Gasteiger partial charge < -0.3 is 5.32 Å². The summed E-state index contributed by atoms with van der Waals surface area (Å²) in [6.45, 7) is 6.75. The third kappa shape index (κ3) is 3.10. The van der Waals surface area contributed by atoms with Crippen molar-refractivity contribution in [2.75, 3.05) is 0 Å². The second kappa shape index (κ2) is 5.53. The highest BCUT2D eigenvalue weighted by atomic mass is 19.1. The van der Waals surface area contributed by atoms with E-state index in [9.17, 15) is 4.39 Å². The number of benzene rings is 1. The molecule has 1 aliphatic carbocycles. The van der Waals surface area contributed by atoms with Gasteiger partial charge in [0, 0.05) is 35.1 Å². The molecule has 1 aromatic heterocycles. The van der Waals surface area contributed by atoms with Crippen LogP contribution < -0.4 is 5.32 Å². The molecular weight excluding hydrogens is 265 g/mol. The molecule has 21 heavy (non-hydrogen) atoms. The van der Waals surface area contributed by atoms with Crippen LogP contribution in [0.4, 0.5) is 4.39 Å². The Balaban J connectivity index is 1.94. The number of hydrogen-bond donors (Lipinski definition) is 1. The van der Waals surface area contributed by atoms with E-state index in [1.807, 2.05) is 20.8 Å². The van der Waals surface area contributed by atoms with Crippen LogP contribution in [0.3, 0.4) is 0 Å². The van der Waals surface area contributed by atoms with Crippen LogP contribution in [-0.2, 0) is 6.54 Å². The summed E-state index contributed by atoms with van der Waals surface area (Å²) in [4.78, 5) is 9.17. The van der Waals surface area contributed by atoms with Gasteiger partial charge in [0.2, 0.25) is 0 Å². The third-order valence-corrected chi connectivity index (χ3v) is 4.01. The second-order valence-corrected chi connectivity index (χ2v) is 5.81. The van der Waals surface area contributed by atoms with E-state index in [1.54, 1.807) is 6.07 Å². The summed E-state index contributed by atoms with van der Waals surface area (Å²) in [6, 6.07) is 5.40. The van der Waals surface area contributed by atoms with Crippen LogP contribution in [-0.4, -0.2) is 16.0 Å². The molecule has 3 nitrogen and oxygen atoms in total. The first-order valence-corrected chi connectivity index (χ1v) is 7.38. The van der Waals surface area contributed by atoms with E-state index < -0.39 is 0 Å². The monoisotopic (exact) mass is 285 g/mol. The molecule has 0 amide bonds. The van der Waals surface area contributed by atoms with E-state index in [1.165, 1.54) is 25.0 Å². The first-order chi connectivity index (χ1) is 10.0. The molecule has 0 spiro atoms. The van der Waals surface area contributed by atoms with E-state index in [4.69, 9.17) is 0 Å². The summed E-state index contributed by atoms with van der Waals surface area (Å²) >= 11 is 0. The molecule has 0 atom stereocenters. The maximum atomic E-state index is 13.5. The van der Waals surface area contributed by atoms with Crippen molar-refractivity contribution < 1.29 is 4.39 Å². The van der Waals surface area contributed by atoms with Gasteiger partial charge in [0.1, 0.15) is 5.82 Å². The molecule has 0 radical (unpaired) electrons. The summed E-state index contributed by atoms with van der Waals surface area (Å²) in [5.74, 6) is 0.353. The van der Waals surface area contributed by atoms with Crippen molar-refractivity contribution in [3.8, 4) is 11.4 Å². The van der Waals surface area contributed by atoms with Gasteiger partial charge in [0.15, 0.2) is 5.82 Å². The van der Waals surface area contributed by atoms with Crippen LogP contribution >= 0.6 is 0 Å². The van der Waals surface area contributed by atoms with Crippen molar-refractivity contribution >= 4 is 0 Å². The van der Waals surface area contributed by atoms with Gasteiger partial charge in [-0.2, -0.15) is 0 Å². The zero-order chi connectivity index (χ0) is 15.0. The molecule has 3 rings (SSSR count). The van der Waals surface area contributed by atoms with E-state index >= 15 is 0 Å². The molecule has 0 aliphatic heterocycles. The fourth-order valence-corrected chi connectivity index (χ4v) is 2.48. The van der Waals surface area contributed by atoms with Crippen molar-refractivity contribution in [3.63, 3.8) is 0 Å². The lowest BCUT2D eigenvalue weighted by atomic mass is 10.1. The predicted octanol–water partition coefficient (Wildman–Crippen LogP) is 3.46. The van der Waals surface area contributed by atoms with E-state index in [2.05, 4.69) is 15.3 Å². The molecule has 2 aromatic rings. The Bertz CT molecular complexity index is 655. The normalized spacial score (nSPS) is 14.5. The Kier molecular flexibility index (Phi) is 3.72. The summed E-state index contributed by atoms with van der Waals surface area (Å²) < 4.78 is 13.5. The number of aromatic nitrogens is 2. The number of hydrogen-bond acceptors (Lipinski definition) is 3.